The quantitative estimate of drug-likeness (QED) is 0.419. The van der Waals surface area contributed by atoms with E-state index in [1.54, 1.807) is 12.7 Å². The lowest BCUT2D eigenvalue weighted by Gasteiger charge is -2.27. The summed E-state index contributed by atoms with van der Waals surface area (Å²) >= 11 is 3.51. The molecule has 2 unspecified atom stereocenters. The zero-order valence-electron chi connectivity index (χ0n) is 17.5. The van der Waals surface area contributed by atoms with E-state index in [2.05, 4.69) is 37.3 Å². The normalized spacial score (nSPS) is 17.5. The number of nitrogens with zero attached hydrogens (tertiary/aromatic N) is 3. The number of aromatic nitrogens is 2. The molecule has 162 valence electrons. The Balaban J connectivity index is 1.62. The molecule has 30 heavy (non-hydrogen) atoms. The average Bonchev–Trinajstić information content (AvgIpc) is 3.02. The van der Waals surface area contributed by atoms with Crippen LogP contribution in [0.25, 0.3) is 0 Å². The van der Waals surface area contributed by atoms with Gasteiger partial charge in [0.05, 0.1) is 31.2 Å². The third-order valence-electron chi connectivity index (χ3n) is 5.38. The molecule has 0 radical (unpaired) electrons. The molecule has 1 aromatic carbocycles. The summed E-state index contributed by atoms with van der Waals surface area (Å²) in [5, 5.41) is 13.2. The number of rotatable bonds is 9. The molecule has 0 fully saturated rings. The fraction of sp³-hybridized carbons (Fsp3) is 0.500. The summed E-state index contributed by atoms with van der Waals surface area (Å²) in [5.41, 5.74) is 1.15. The minimum Gasteiger partial charge on any atom is -0.466 e. The maximum absolute atomic E-state index is 12.7. The van der Waals surface area contributed by atoms with Crippen molar-refractivity contribution in [1.29, 1.82) is 0 Å². The summed E-state index contributed by atoms with van der Waals surface area (Å²) < 4.78 is 8.39. The van der Waals surface area contributed by atoms with Crippen molar-refractivity contribution in [2.45, 2.75) is 52.2 Å². The molecule has 0 bridgehead atoms. The van der Waals surface area contributed by atoms with Gasteiger partial charge in [0.1, 0.15) is 17.6 Å². The van der Waals surface area contributed by atoms with E-state index in [1.807, 2.05) is 36.6 Å². The number of aliphatic hydroxyl groups excluding tert-OH is 1. The third-order valence-corrected chi connectivity index (χ3v) is 5.87. The number of imidazole rings is 1. The summed E-state index contributed by atoms with van der Waals surface area (Å²) in [6.07, 6.45) is 5.76. The number of hydrogen-bond acceptors (Lipinski definition) is 6. The zero-order valence-corrected chi connectivity index (χ0v) is 19.1. The highest BCUT2D eigenvalue weighted by Crippen LogP contribution is 2.32. The molecule has 7 nitrogen and oxygen atoms in total. The minimum absolute atomic E-state index is 0.150. The van der Waals surface area contributed by atoms with Gasteiger partial charge >= 0.3 is 5.97 Å². The van der Waals surface area contributed by atoms with Crippen LogP contribution in [0.2, 0.25) is 0 Å². The van der Waals surface area contributed by atoms with Crippen LogP contribution in [0.15, 0.2) is 40.1 Å². The molecule has 0 spiro atoms. The second-order valence-corrected chi connectivity index (χ2v) is 8.79. The van der Waals surface area contributed by atoms with Gasteiger partial charge < -0.3 is 19.7 Å². The Bertz CT molecular complexity index is 898. The number of unbranched alkanes of at least 4 members (excludes halogenated alkanes) is 1. The SMILES string of the molecule is CCOC(=O)C(C)(CCCCn1cnc2c1NC=NCC2O)Cc1cccc(Br)c1. The van der Waals surface area contributed by atoms with E-state index in [1.165, 1.54) is 0 Å². The molecule has 0 saturated heterocycles. The van der Waals surface area contributed by atoms with Crippen LogP contribution in [0, 0.1) is 5.41 Å². The van der Waals surface area contributed by atoms with Crippen LogP contribution in [-0.2, 0) is 22.5 Å². The first-order valence-electron chi connectivity index (χ1n) is 10.3. The van der Waals surface area contributed by atoms with Crippen molar-refractivity contribution in [1.82, 2.24) is 9.55 Å². The van der Waals surface area contributed by atoms with E-state index in [4.69, 9.17) is 4.74 Å². The molecule has 0 aliphatic carbocycles. The predicted molar refractivity (Wildman–Crippen MR) is 121 cm³/mol. The van der Waals surface area contributed by atoms with E-state index in [9.17, 15) is 9.90 Å². The lowest BCUT2D eigenvalue weighted by molar-refractivity contribution is -0.155. The lowest BCUT2D eigenvalue weighted by atomic mass is 9.79. The van der Waals surface area contributed by atoms with Crippen LogP contribution in [0.3, 0.4) is 0 Å². The van der Waals surface area contributed by atoms with E-state index in [0.29, 0.717) is 25.3 Å². The fourth-order valence-electron chi connectivity index (χ4n) is 3.78. The number of fused-ring (bicyclic) bond motifs is 1. The van der Waals surface area contributed by atoms with Crippen LogP contribution < -0.4 is 5.32 Å². The minimum atomic E-state index is -0.690. The molecule has 0 amide bonds. The van der Waals surface area contributed by atoms with Gasteiger partial charge in [-0.1, -0.05) is 34.5 Å². The highest BCUT2D eigenvalue weighted by Gasteiger charge is 2.34. The number of aliphatic imine (C=N–C) groups is 1. The number of benzene rings is 1. The number of esters is 1. The Hall–Kier alpha value is -2.19. The summed E-state index contributed by atoms with van der Waals surface area (Å²) in [6.45, 7) is 5.26. The number of aliphatic hydroxyl groups is 1. The number of halogens is 1. The molecule has 1 aliphatic rings. The van der Waals surface area contributed by atoms with Gasteiger partial charge in [0.25, 0.3) is 0 Å². The van der Waals surface area contributed by atoms with E-state index in [-0.39, 0.29) is 5.97 Å². The highest BCUT2D eigenvalue weighted by atomic mass is 79.9. The van der Waals surface area contributed by atoms with Crippen molar-refractivity contribution < 1.29 is 14.6 Å². The Kier molecular flexibility index (Phi) is 7.66. The van der Waals surface area contributed by atoms with Crippen molar-refractivity contribution in [2.75, 3.05) is 18.5 Å². The summed E-state index contributed by atoms with van der Waals surface area (Å²) in [6, 6.07) is 8.06. The molecule has 2 N–H and O–H groups in total. The first kappa shape index (κ1) is 22.5. The third kappa shape index (κ3) is 5.49. The fourth-order valence-corrected chi connectivity index (χ4v) is 4.22. The molecule has 2 aromatic rings. The molecule has 2 heterocycles. The topological polar surface area (TPSA) is 88.7 Å². The Morgan fingerprint density at radius 2 is 2.27 bits per heavy atom. The smallest absolute Gasteiger partial charge is 0.312 e. The molecule has 8 heteroatoms. The maximum atomic E-state index is 12.7. The van der Waals surface area contributed by atoms with Gasteiger partial charge in [0.2, 0.25) is 0 Å². The maximum Gasteiger partial charge on any atom is 0.312 e. The van der Waals surface area contributed by atoms with Crippen molar-refractivity contribution in [3.63, 3.8) is 0 Å². The number of nitrogens with one attached hydrogen (secondary N) is 1. The summed E-state index contributed by atoms with van der Waals surface area (Å²) in [4.78, 5) is 21.2. The molecule has 0 saturated carbocycles. The number of carbonyl (C=O) groups is 1. The Labute approximate surface area is 185 Å². The zero-order chi connectivity index (χ0) is 21.6. The van der Waals surface area contributed by atoms with Crippen molar-refractivity contribution >= 4 is 34.1 Å². The summed E-state index contributed by atoms with van der Waals surface area (Å²) in [5.74, 6) is 0.633. The Morgan fingerprint density at radius 3 is 3.03 bits per heavy atom. The van der Waals surface area contributed by atoms with Crippen LogP contribution in [0.5, 0.6) is 0 Å². The number of carbonyl (C=O) groups excluding carboxylic acids is 1. The van der Waals surface area contributed by atoms with Gasteiger partial charge in [0, 0.05) is 11.0 Å². The van der Waals surface area contributed by atoms with Crippen LogP contribution >= 0.6 is 15.9 Å². The van der Waals surface area contributed by atoms with Crippen molar-refractivity contribution in [3.05, 3.63) is 46.3 Å². The van der Waals surface area contributed by atoms with Gasteiger partial charge in [-0.25, -0.2) is 4.98 Å². The van der Waals surface area contributed by atoms with Gasteiger partial charge in [-0.15, -0.1) is 0 Å². The van der Waals surface area contributed by atoms with Gasteiger partial charge in [0.15, 0.2) is 0 Å². The number of hydrogen-bond donors (Lipinski definition) is 2. The average molecular weight is 477 g/mol. The largest absolute Gasteiger partial charge is 0.466 e. The van der Waals surface area contributed by atoms with E-state index >= 15 is 0 Å². The lowest BCUT2D eigenvalue weighted by Crippen LogP contribution is -2.32. The monoisotopic (exact) mass is 476 g/mol. The molecule has 1 aliphatic heterocycles. The molecule has 3 rings (SSSR count). The first-order valence-corrected chi connectivity index (χ1v) is 11.1. The van der Waals surface area contributed by atoms with E-state index in [0.717, 1.165) is 41.7 Å². The van der Waals surface area contributed by atoms with Gasteiger partial charge in [-0.3, -0.25) is 9.79 Å². The van der Waals surface area contributed by atoms with Crippen molar-refractivity contribution in [3.8, 4) is 0 Å². The van der Waals surface area contributed by atoms with Crippen LogP contribution in [0.4, 0.5) is 5.82 Å². The van der Waals surface area contributed by atoms with Crippen molar-refractivity contribution in [2.24, 2.45) is 10.4 Å². The molecular weight excluding hydrogens is 448 g/mol. The standard InChI is InChI=1S/C22H29BrN4O3/c1-3-30-21(29)22(2,12-16-7-6-8-17(23)11-16)9-4-5-10-27-15-26-19-18(28)13-24-14-25-20(19)27/h6-8,11,14-15,18,28H,3-5,9-10,12-13H2,1-2H3,(H,24,25). The van der Waals surface area contributed by atoms with Gasteiger partial charge in [-0.05, 0) is 50.8 Å². The number of aryl methyl sites for hydroxylation is 1. The second-order valence-electron chi connectivity index (χ2n) is 7.87. The Morgan fingerprint density at radius 1 is 1.43 bits per heavy atom. The first-order chi connectivity index (χ1) is 14.4. The molecule has 2 atom stereocenters. The van der Waals surface area contributed by atoms with Crippen LogP contribution in [0.1, 0.15) is 50.5 Å². The highest BCUT2D eigenvalue weighted by molar-refractivity contribution is 9.10. The van der Waals surface area contributed by atoms with E-state index < -0.39 is 11.5 Å². The second kappa shape index (κ2) is 10.2. The summed E-state index contributed by atoms with van der Waals surface area (Å²) in [7, 11) is 0. The predicted octanol–water partition coefficient (Wildman–Crippen LogP) is 4.12. The number of anilines is 1. The molecule has 1 aromatic heterocycles. The van der Waals surface area contributed by atoms with Gasteiger partial charge in [-0.2, -0.15) is 0 Å². The van der Waals surface area contributed by atoms with Crippen LogP contribution in [-0.4, -0.2) is 40.1 Å². The molecular formula is C22H29BrN4O3. The number of ether oxygens (including phenoxy) is 1.